The number of aryl methyl sites for hydroxylation is 1. The monoisotopic (exact) mass is 246 g/mol. The van der Waals surface area contributed by atoms with E-state index in [2.05, 4.69) is 5.10 Å². The third-order valence-corrected chi connectivity index (χ3v) is 2.61. The van der Waals surface area contributed by atoms with E-state index in [0.717, 1.165) is 11.3 Å². The molecule has 5 heteroatoms. The Balaban J connectivity index is 2.33. The summed E-state index contributed by atoms with van der Waals surface area (Å²) in [5, 5.41) is 2.87. The number of nitrogens with zero attached hydrogens (tertiary/aromatic N) is 1. The van der Waals surface area contributed by atoms with Crippen LogP contribution in [0.15, 0.2) is 39.9 Å². The number of hydrogen-bond acceptors (Lipinski definition) is 3. The van der Waals surface area contributed by atoms with Crippen LogP contribution in [0.2, 0.25) is 0 Å². The van der Waals surface area contributed by atoms with Crippen LogP contribution in [0, 0.1) is 6.92 Å². The lowest BCUT2D eigenvalue weighted by Crippen LogP contribution is -2.36. The van der Waals surface area contributed by atoms with Gasteiger partial charge in [0.15, 0.2) is 0 Å². The van der Waals surface area contributed by atoms with Gasteiger partial charge in [-0.25, -0.2) is 4.68 Å². The first-order chi connectivity index (χ1) is 8.60. The minimum atomic E-state index is -0.545. The van der Waals surface area contributed by atoms with E-state index in [1.54, 1.807) is 14.0 Å². The zero-order chi connectivity index (χ0) is 13.1. The summed E-state index contributed by atoms with van der Waals surface area (Å²) in [6.07, 6.45) is 0. The second-order valence-corrected chi connectivity index (χ2v) is 4.04. The second kappa shape index (κ2) is 4.91. The normalized spacial score (nSPS) is 10.3. The highest BCUT2D eigenvalue weighted by atomic mass is 16.5. The number of aromatic nitrogens is 2. The predicted molar refractivity (Wildman–Crippen MR) is 68.2 cm³/mol. The highest BCUT2D eigenvalue weighted by molar-refractivity contribution is 5.27. The zero-order valence-electron chi connectivity index (χ0n) is 10.3. The lowest BCUT2D eigenvalue weighted by atomic mass is 10.2. The molecule has 0 aliphatic rings. The van der Waals surface area contributed by atoms with Crippen molar-refractivity contribution in [3.63, 3.8) is 0 Å². The zero-order valence-corrected chi connectivity index (χ0v) is 10.3. The third-order valence-electron chi connectivity index (χ3n) is 2.61. The van der Waals surface area contributed by atoms with Gasteiger partial charge in [0, 0.05) is 11.8 Å². The topological polar surface area (TPSA) is 64.1 Å². The van der Waals surface area contributed by atoms with Crippen LogP contribution in [0.1, 0.15) is 11.3 Å². The molecule has 2 aromatic rings. The van der Waals surface area contributed by atoms with Crippen molar-refractivity contribution in [2.45, 2.75) is 13.5 Å². The van der Waals surface area contributed by atoms with Crippen molar-refractivity contribution in [2.75, 3.05) is 7.11 Å². The van der Waals surface area contributed by atoms with E-state index in [1.165, 1.54) is 10.7 Å². The van der Waals surface area contributed by atoms with Crippen LogP contribution < -0.4 is 15.7 Å². The molecule has 18 heavy (non-hydrogen) atoms. The van der Waals surface area contributed by atoms with Crippen LogP contribution in [0.5, 0.6) is 5.75 Å². The molecule has 1 heterocycles. The van der Waals surface area contributed by atoms with Crippen LogP contribution in [-0.2, 0) is 6.54 Å². The minimum absolute atomic E-state index is 0.333. The number of hydrogen-bond donors (Lipinski definition) is 1. The molecule has 1 aromatic carbocycles. The molecule has 5 nitrogen and oxygen atoms in total. The molecule has 1 aromatic heterocycles. The SMILES string of the molecule is COc1ccc(Cn2[nH]c(C)cc(=O)c2=O)cc1. The van der Waals surface area contributed by atoms with Crippen molar-refractivity contribution in [1.29, 1.82) is 0 Å². The average molecular weight is 246 g/mol. The van der Waals surface area contributed by atoms with Crippen molar-refractivity contribution in [2.24, 2.45) is 0 Å². The van der Waals surface area contributed by atoms with Crippen molar-refractivity contribution in [3.05, 3.63) is 62.2 Å². The summed E-state index contributed by atoms with van der Waals surface area (Å²) in [7, 11) is 1.59. The Morgan fingerprint density at radius 2 is 1.89 bits per heavy atom. The molecule has 0 bridgehead atoms. The summed E-state index contributed by atoms with van der Waals surface area (Å²) in [6, 6.07) is 8.63. The Morgan fingerprint density at radius 3 is 2.50 bits per heavy atom. The molecule has 94 valence electrons. The molecule has 0 unspecified atom stereocenters. The Labute approximate surface area is 104 Å². The van der Waals surface area contributed by atoms with Gasteiger partial charge in [-0.15, -0.1) is 0 Å². The molecule has 1 N–H and O–H groups in total. The Bertz CT molecular complexity index is 653. The quantitative estimate of drug-likeness (QED) is 0.818. The Hall–Kier alpha value is -2.30. The number of H-pyrrole nitrogens is 1. The van der Waals surface area contributed by atoms with E-state index in [-0.39, 0.29) is 0 Å². The lowest BCUT2D eigenvalue weighted by Gasteiger charge is -2.07. The van der Waals surface area contributed by atoms with Crippen LogP contribution in [0.3, 0.4) is 0 Å². The summed E-state index contributed by atoms with van der Waals surface area (Å²) >= 11 is 0. The van der Waals surface area contributed by atoms with Gasteiger partial charge in [0.1, 0.15) is 5.75 Å². The number of rotatable bonds is 3. The van der Waals surface area contributed by atoms with Gasteiger partial charge in [-0.3, -0.25) is 14.7 Å². The van der Waals surface area contributed by atoms with E-state index in [4.69, 9.17) is 4.74 Å². The molecule has 0 aliphatic heterocycles. The van der Waals surface area contributed by atoms with Crippen molar-refractivity contribution in [1.82, 2.24) is 9.78 Å². The maximum atomic E-state index is 11.6. The first kappa shape index (κ1) is 12.2. The fraction of sp³-hybridized carbons (Fsp3) is 0.231. The number of benzene rings is 1. The maximum Gasteiger partial charge on any atom is 0.312 e. The second-order valence-electron chi connectivity index (χ2n) is 4.04. The van der Waals surface area contributed by atoms with E-state index in [0.29, 0.717) is 12.2 Å². The van der Waals surface area contributed by atoms with Gasteiger partial charge in [0.05, 0.1) is 13.7 Å². The summed E-state index contributed by atoms with van der Waals surface area (Å²) < 4.78 is 6.36. The molecular weight excluding hydrogens is 232 g/mol. The molecule has 0 fully saturated rings. The van der Waals surface area contributed by atoms with Gasteiger partial charge in [-0.1, -0.05) is 12.1 Å². The minimum Gasteiger partial charge on any atom is -0.497 e. The van der Waals surface area contributed by atoms with Crippen molar-refractivity contribution < 1.29 is 4.74 Å². The summed E-state index contributed by atoms with van der Waals surface area (Å²) in [6.45, 7) is 2.07. The Morgan fingerprint density at radius 1 is 1.22 bits per heavy atom. The Kier molecular flexibility index (Phi) is 3.32. The average Bonchev–Trinajstić information content (AvgIpc) is 2.36. The van der Waals surface area contributed by atoms with Gasteiger partial charge < -0.3 is 4.74 Å². The lowest BCUT2D eigenvalue weighted by molar-refractivity contribution is 0.414. The molecule has 0 saturated carbocycles. The van der Waals surface area contributed by atoms with Crippen LogP contribution >= 0.6 is 0 Å². The third kappa shape index (κ3) is 2.51. The number of ether oxygens (including phenoxy) is 1. The first-order valence-corrected chi connectivity index (χ1v) is 5.54. The smallest absolute Gasteiger partial charge is 0.312 e. The number of aromatic amines is 1. The molecule has 0 saturated heterocycles. The summed E-state index contributed by atoms with van der Waals surface area (Å²) in [5.41, 5.74) is 0.531. The molecule has 0 spiro atoms. The van der Waals surface area contributed by atoms with Crippen LogP contribution in [0.4, 0.5) is 0 Å². The van der Waals surface area contributed by atoms with Gasteiger partial charge >= 0.3 is 5.56 Å². The first-order valence-electron chi connectivity index (χ1n) is 5.54. The van der Waals surface area contributed by atoms with Gasteiger partial charge in [-0.05, 0) is 24.6 Å². The predicted octanol–water partition coefficient (Wildman–Crippen LogP) is 0.902. The van der Waals surface area contributed by atoms with Gasteiger partial charge in [-0.2, -0.15) is 0 Å². The van der Waals surface area contributed by atoms with E-state index < -0.39 is 11.0 Å². The molecule has 0 amide bonds. The molecule has 2 rings (SSSR count). The molecule has 0 atom stereocenters. The summed E-state index contributed by atoms with van der Waals surface area (Å²) in [4.78, 5) is 23.0. The van der Waals surface area contributed by atoms with Crippen LogP contribution in [0.25, 0.3) is 0 Å². The molecule has 0 radical (unpaired) electrons. The number of methoxy groups -OCH3 is 1. The molecular formula is C13H14N2O3. The largest absolute Gasteiger partial charge is 0.497 e. The van der Waals surface area contributed by atoms with E-state index >= 15 is 0 Å². The summed E-state index contributed by atoms with van der Waals surface area (Å²) in [5.74, 6) is 0.754. The fourth-order valence-electron chi connectivity index (χ4n) is 1.71. The highest BCUT2D eigenvalue weighted by Crippen LogP contribution is 2.11. The van der Waals surface area contributed by atoms with Crippen molar-refractivity contribution >= 4 is 0 Å². The van der Waals surface area contributed by atoms with Crippen LogP contribution in [-0.4, -0.2) is 16.9 Å². The number of nitrogens with one attached hydrogen (secondary N) is 1. The van der Waals surface area contributed by atoms with E-state index in [1.807, 2.05) is 24.3 Å². The fourth-order valence-corrected chi connectivity index (χ4v) is 1.71. The highest BCUT2D eigenvalue weighted by Gasteiger charge is 2.03. The molecule has 0 aliphatic carbocycles. The van der Waals surface area contributed by atoms with Crippen molar-refractivity contribution in [3.8, 4) is 5.75 Å². The van der Waals surface area contributed by atoms with Gasteiger partial charge in [0.25, 0.3) is 0 Å². The standard InChI is InChI=1S/C13H14N2O3/c1-9-7-12(16)13(17)15(14-9)8-10-3-5-11(18-2)6-4-10/h3-7,14H,8H2,1-2H3. The van der Waals surface area contributed by atoms with Gasteiger partial charge in [0.2, 0.25) is 5.43 Å². The van der Waals surface area contributed by atoms with E-state index in [9.17, 15) is 9.59 Å². The maximum absolute atomic E-state index is 11.6.